The van der Waals surface area contributed by atoms with E-state index in [2.05, 4.69) is 32.7 Å². The van der Waals surface area contributed by atoms with Gasteiger partial charge in [-0.2, -0.15) is 0 Å². The van der Waals surface area contributed by atoms with E-state index in [-0.39, 0.29) is 0 Å². The van der Waals surface area contributed by atoms with Gasteiger partial charge in [0.1, 0.15) is 11.9 Å². The van der Waals surface area contributed by atoms with Crippen LogP contribution < -0.4 is 20.3 Å². The molecule has 0 spiro atoms. The Balaban J connectivity index is 1.48. The number of benzene rings is 2. The van der Waals surface area contributed by atoms with Crippen LogP contribution in [0.3, 0.4) is 0 Å². The molecule has 3 aliphatic heterocycles. The number of aliphatic hydroxyl groups is 1. The zero-order valence-corrected chi connectivity index (χ0v) is 20.6. The first-order chi connectivity index (χ1) is 17.7. The molecule has 1 fully saturated rings. The molecule has 3 aliphatic rings. The predicted octanol–water partition coefficient (Wildman–Crippen LogP) is 3.62. The molecule has 3 N–H and O–H groups in total. The fourth-order valence-electron chi connectivity index (χ4n) is 4.50. The number of fused-ring (bicyclic) bond motifs is 9. The van der Waals surface area contributed by atoms with Gasteiger partial charge in [-0.15, -0.1) is 0 Å². The first-order valence-corrected chi connectivity index (χ1v) is 12.4. The van der Waals surface area contributed by atoms with Crippen LogP contribution in [0.1, 0.15) is 30.2 Å². The van der Waals surface area contributed by atoms with E-state index in [1.165, 1.54) is 0 Å². The van der Waals surface area contributed by atoms with Crippen molar-refractivity contribution in [3.05, 3.63) is 59.8 Å². The van der Waals surface area contributed by atoms with E-state index < -0.39 is 6.23 Å². The third-order valence-electron chi connectivity index (χ3n) is 6.47. The van der Waals surface area contributed by atoms with Crippen LogP contribution in [0.5, 0.6) is 5.75 Å². The van der Waals surface area contributed by atoms with E-state index in [4.69, 9.17) is 19.2 Å². The van der Waals surface area contributed by atoms with Crippen molar-refractivity contribution < 1.29 is 19.3 Å². The summed E-state index contributed by atoms with van der Waals surface area (Å²) in [6.07, 6.45) is 2.75. The Kier molecular flexibility index (Phi) is 7.92. The molecule has 6 bridgehead atoms. The largest absolute Gasteiger partial charge is 0.493 e. The van der Waals surface area contributed by atoms with Gasteiger partial charge in [-0.25, -0.2) is 9.97 Å². The van der Waals surface area contributed by atoms with Crippen molar-refractivity contribution in [3.8, 4) is 17.0 Å². The number of morpholine rings is 1. The standard InChI is InChI=1S/C27H33N5O4/c1-34-24-17-29-27-30-22-8-9-23(32-11-14-35-15-12-32)21(16-22)18-36-13-3-2-10-28-26(33)20-6-4-19(5-7-20)25(24)31-27/h4-9,16-17,26,28,33H,2-3,10-15,18H2,1H3,(H,29,30,31). The highest BCUT2D eigenvalue weighted by Gasteiger charge is 2.17. The number of nitrogens with one attached hydrogen (secondary N) is 2. The van der Waals surface area contributed by atoms with Crippen molar-refractivity contribution in [2.75, 3.05) is 56.8 Å². The summed E-state index contributed by atoms with van der Waals surface area (Å²) in [5.74, 6) is 1.05. The predicted molar refractivity (Wildman–Crippen MR) is 139 cm³/mol. The van der Waals surface area contributed by atoms with Crippen molar-refractivity contribution >= 4 is 17.3 Å². The van der Waals surface area contributed by atoms with Gasteiger partial charge >= 0.3 is 0 Å². The maximum absolute atomic E-state index is 10.5. The average molecular weight is 492 g/mol. The highest BCUT2D eigenvalue weighted by molar-refractivity contribution is 5.69. The number of anilines is 3. The number of nitrogens with zero attached hydrogens (tertiary/aromatic N) is 3. The summed E-state index contributed by atoms with van der Waals surface area (Å²) >= 11 is 0. The molecule has 1 atom stereocenters. The van der Waals surface area contributed by atoms with Crippen LogP contribution in [0.4, 0.5) is 17.3 Å². The Morgan fingerprint density at radius 3 is 2.67 bits per heavy atom. The lowest BCUT2D eigenvalue weighted by Gasteiger charge is -2.31. The third kappa shape index (κ3) is 5.76. The Labute approximate surface area is 211 Å². The van der Waals surface area contributed by atoms with Crippen molar-refractivity contribution in [1.82, 2.24) is 15.3 Å². The van der Waals surface area contributed by atoms with Gasteiger partial charge in [0.15, 0.2) is 5.75 Å². The van der Waals surface area contributed by atoms with E-state index >= 15 is 0 Å². The lowest BCUT2D eigenvalue weighted by Crippen LogP contribution is -2.36. The number of hydrogen-bond acceptors (Lipinski definition) is 9. The molecule has 3 aromatic rings. The quantitative estimate of drug-likeness (QED) is 0.496. The normalized spacial score (nSPS) is 19.1. The third-order valence-corrected chi connectivity index (χ3v) is 6.47. The molecule has 0 saturated carbocycles. The second-order valence-corrected chi connectivity index (χ2v) is 8.92. The van der Waals surface area contributed by atoms with Crippen molar-refractivity contribution in [2.24, 2.45) is 0 Å². The van der Waals surface area contributed by atoms with E-state index in [1.807, 2.05) is 30.3 Å². The summed E-state index contributed by atoms with van der Waals surface area (Å²) in [7, 11) is 1.61. The fourth-order valence-corrected chi connectivity index (χ4v) is 4.50. The summed E-state index contributed by atoms with van der Waals surface area (Å²) in [4.78, 5) is 11.6. The van der Waals surface area contributed by atoms with Crippen LogP contribution in [0.2, 0.25) is 0 Å². The number of rotatable bonds is 2. The van der Waals surface area contributed by atoms with E-state index in [1.54, 1.807) is 13.3 Å². The summed E-state index contributed by atoms with van der Waals surface area (Å²) in [5.41, 5.74) is 5.51. The number of hydrogen-bond donors (Lipinski definition) is 3. The molecule has 190 valence electrons. The number of aliphatic hydroxyl groups excluding tert-OH is 1. The zero-order valence-electron chi connectivity index (χ0n) is 20.6. The highest BCUT2D eigenvalue weighted by atomic mass is 16.5. The summed E-state index contributed by atoms with van der Waals surface area (Å²) in [6, 6.07) is 14.0. The molecule has 9 heteroatoms. The Bertz CT molecular complexity index is 1150. The lowest BCUT2D eigenvalue weighted by molar-refractivity contribution is 0.110. The number of ether oxygens (including phenoxy) is 3. The SMILES string of the molecule is COc1cnc2nc1-c1ccc(cc1)C(O)NCCCCOCc1cc(ccc1N1CCOCC1)N2. The van der Waals surface area contributed by atoms with Crippen LogP contribution in [0, 0.1) is 0 Å². The molecule has 1 unspecified atom stereocenters. The van der Waals surface area contributed by atoms with Crippen molar-refractivity contribution in [1.29, 1.82) is 0 Å². The van der Waals surface area contributed by atoms with Gasteiger partial charge in [0.2, 0.25) is 5.95 Å². The van der Waals surface area contributed by atoms with Gasteiger partial charge in [-0.05, 0) is 43.1 Å². The maximum atomic E-state index is 10.5. The summed E-state index contributed by atoms with van der Waals surface area (Å²) < 4.78 is 17.1. The van der Waals surface area contributed by atoms with Gasteiger partial charge < -0.3 is 29.5 Å². The van der Waals surface area contributed by atoms with Crippen LogP contribution in [-0.2, 0) is 16.1 Å². The van der Waals surface area contributed by atoms with Gasteiger partial charge in [0.25, 0.3) is 0 Å². The molecule has 9 nitrogen and oxygen atoms in total. The molecular formula is C27H33N5O4. The average Bonchev–Trinajstić information content (AvgIpc) is 2.92. The molecule has 1 saturated heterocycles. The van der Waals surface area contributed by atoms with Crippen LogP contribution >= 0.6 is 0 Å². The van der Waals surface area contributed by atoms with Gasteiger partial charge in [-0.1, -0.05) is 24.3 Å². The zero-order chi connectivity index (χ0) is 24.7. The maximum Gasteiger partial charge on any atom is 0.227 e. The second-order valence-electron chi connectivity index (χ2n) is 8.92. The Morgan fingerprint density at radius 1 is 1.03 bits per heavy atom. The number of aromatic nitrogens is 2. The Hall–Kier alpha value is -3.24. The molecule has 36 heavy (non-hydrogen) atoms. The fraction of sp³-hybridized carbons (Fsp3) is 0.407. The van der Waals surface area contributed by atoms with Gasteiger partial charge in [0.05, 0.1) is 33.1 Å². The molecule has 4 heterocycles. The molecule has 6 rings (SSSR count). The van der Waals surface area contributed by atoms with Crippen molar-refractivity contribution in [2.45, 2.75) is 25.7 Å². The smallest absolute Gasteiger partial charge is 0.227 e. The monoisotopic (exact) mass is 491 g/mol. The molecule has 0 aliphatic carbocycles. The summed E-state index contributed by atoms with van der Waals surface area (Å²) in [6.45, 7) is 5.03. The summed E-state index contributed by atoms with van der Waals surface area (Å²) in [5, 5.41) is 17.1. The minimum Gasteiger partial charge on any atom is -0.493 e. The topological polar surface area (TPSA) is 101 Å². The first-order valence-electron chi connectivity index (χ1n) is 12.4. The molecule has 0 radical (unpaired) electrons. The molecular weight excluding hydrogens is 458 g/mol. The molecule has 1 aromatic heterocycles. The first kappa shape index (κ1) is 24.5. The van der Waals surface area contributed by atoms with Crippen LogP contribution in [-0.4, -0.2) is 61.6 Å². The van der Waals surface area contributed by atoms with E-state index in [0.717, 1.165) is 67.2 Å². The minimum atomic E-state index is -0.732. The van der Waals surface area contributed by atoms with Gasteiger partial charge in [-0.3, -0.25) is 5.32 Å². The minimum absolute atomic E-state index is 0.473. The van der Waals surface area contributed by atoms with E-state index in [0.29, 0.717) is 37.2 Å². The van der Waals surface area contributed by atoms with Crippen molar-refractivity contribution in [3.63, 3.8) is 0 Å². The molecule has 0 amide bonds. The highest BCUT2D eigenvalue weighted by Crippen LogP contribution is 2.31. The van der Waals surface area contributed by atoms with Gasteiger partial charge in [0, 0.05) is 42.2 Å². The number of methoxy groups -OCH3 is 1. The lowest BCUT2D eigenvalue weighted by atomic mass is 10.1. The van der Waals surface area contributed by atoms with Crippen LogP contribution in [0.15, 0.2) is 48.7 Å². The van der Waals surface area contributed by atoms with E-state index in [9.17, 15) is 5.11 Å². The Morgan fingerprint density at radius 2 is 1.86 bits per heavy atom. The molecule has 2 aromatic carbocycles. The van der Waals surface area contributed by atoms with Crippen LogP contribution in [0.25, 0.3) is 11.3 Å². The second kappa shape index (κ2) is 11.7.